The van der Waals surface area contributed by atoms with Crippen molar-refractivity contribution in [3.8, 4) is 0 Å². The average Bonchev–Trinajstić information content (AvgIpc) is 2.65. The Labute approximate surface area is 123 Å². The van der Waals surface area contributed by atoms with Gasteiger partial charge in [-0.05, 0) is 33.1 Å². The molecule has 1 unspecified atom stereocenters. The summed E-state index contributed by atoms with van der Waals surface area (Å²) in [7, 11) is 0. The van der Waals surface area contributed by atoms with E-state index in [2.05, 4.69) is 15.6 Å². The van der Waals surface area contributed by atoms with Gasteiger partial charge < -0.3 is 21.5 Å². The molecule has 0 aliphatic heterocycles. The first-order valence-electron chi connectivity index (χ1n) is 6.66. The number of aromatic nitrogens is 1. The first-order valence-corrected chi connectivity index (χ1v) is 7.48. The molecule has 1 rings (SSSR count). The van der Waals surface area contributed by atoms with Crippen LogP contribution < -0.4 is 16.4 Å². The van der Waals surface area contributed by atoms with Crippen LogP contribution in [0.4, 0.5) is 10.9 Å². The van der Waals surface area contributed by atoms with E-state index < -0.39 is 0 Å². The van der Waals surface area contributed by atoms with Gasteiger partial charge in [0.15, 0.2) is 5.13 Å². The molecule has 1 aromatic heterocycles. The van der Waals surface area contributed by atoms with Crippen LogP contribution in [0, 0.1) is 5.92 Å². The fourth-order valence-electron chi connectivity index (χ4n) is 1.54. The van der Waals surface area contributed by atoms with Crippen molar-refractivity contribution in [3.05, 3.63) is 4.88 Å². The molecule has 0 radical (unpaired) electrons. The Morgan fingerprint density at radius 2 is 2.15 bits per heavy atom. The monoisotopic (exact) mass is 300 g/mol. The Morgan fingerprint density at radius 3 is 2.70 bits per heavy atom. The smallest absolute Gasteiger partial charge is 0.265 e. The van der Waals surface area contributed by atoms with Crippen molar-refractivity contribution in [2.75, 3.05) is 24.2 Å². The highest BCUT2D eigenvalue weighted by Gasteiger charge is 2.19. The highest BCUT2D eigenvalue weighted by molar-refractivity contribution is 7.18. The van der Waals surface area contributed by atoms with Crippen LogP contribution in [-0.4, -0.2) is 34.7 Å². The number of carbonyl (C=O) groups is 1. The minimum Gasteiger partial charge on any atom is -0.396 e. The van der Waals surface area contributed by atoms with E-state index in [-0.39, 0.29) is 29.8 Å². The van der Waals surface area contributed by atoms with Crippen LogP contribution in [-0.2, 0) is 0 Å². The largest absolute Gasteiger partial charge is 0.396 e. The SMILES string of the molecule is CC(CCO)CNC(=O)c1sc(NC(C)(C)C)nc1N. The number of amides is 1. The Bertz CT molecular complexity index is 454. The van der Waals surface area contributed by atoms with E-state index in [1.165, 1.54) is 11.3 Å². The maximum atomic E-state index is 12.0. The summed E-state index contributed by atoms with van der Waals surface area (Å²) in [5.41, 5.74) is 5.65. The maximum Gasteiger partial charge on any atom is 0.265 e. The van der Waals surface area contributed by atoms with E-state index in [0.717, 1.165) is 0 Å². The van der Waals surface area contributed by atoms with Crippen LogP contribution >= 0.6 is 11.3 Å². The zero-order valence-electron chi connectivity index (χ0n) is 12.5. The first-order chi connectivity index (χ1) is 9.23. The van der Waals surface area contributed by atoms with E-state index in [1.54, 1.807) is 0 Å². The molecule has 0 saturated carbocycles. The lowest BCUT2D eigenvalue weighted by Gasteiger charge is -2.19. The Balaban J connectivity index is 2.64. The number of thiazole rings is 1. The van der Waals surface area contributed by atoms with Crippen LogP contribution in [0.15, 0.2) is 0 Å². The normalized spacial score (nSPS) is 13.1. The first kappa shape index (κ1) is 16.7. The third kappa shape index (κ3) is 5.34. The molecule has 0 bridgehead atoms. The topological polar surface area (TPSA) is 100 Å². The van der Waals surface area contributed by atoms with Gasteiger partial charge in [-0.2, -0.15) is 0 Å². The summed E-state index contributed by atoms with van der Waals surface area (Å²) in [5, 5.41) is 15.5. The van der Waals surface area contributed by atoms with Crippen LogP contribution in [0.5, 0.6) is 0 Å². The second-order valence-corrected chi connectivity index (χ2v) is 6.93. The zero-order valence-corrected chi connectivity index (χ0v) is 13.3. The number of nitrogens with zero attached hydrogens (tertiary/aromatic N) is 1. The number of aliphatic hydroxyl groups is 1. The molecule has 6 nitrogen and oxygen atoms in total. The molecule has 0 aromatic carbocycles. The van der Waals surface area contributed by atoms with Gasteiger partial charge in [-0.15, -0.1) is 0 Å². The lowest BCUT2D eigenvalue weighted by molar-refractivity contribution is 0.0950. The zero-order chi connectivity index (χ0) is 15.3. The number of hydrogen-bond donors (Lipinski definition) is 4. The quantitative estimate of drug-likeness (QED) is 0.640. The highest BCUT2D eigenvalue weighted by atomic mass is 32.1. The van der Waals surface area contributed by atoms with Crippen LogP contribution in [0.1, 0.15) is 43.8 Å². The third-order valence-corrected chi connectivity index (χ3v) is 3.56. The van der Waals surface area contributed by atoms with Crippen molar-refractivity contribution in [2.45, 2.75) is 39.7 Å². The number of anilines is 2. The number of carbonyl (C=O) groups excluding carboxylic acids is 1. The lowest BCUT2D eigenvalue weighted by Crippen LogP contribution is -2.28. The van der Waals surface area contributed by atoms with Crippen LogP contribution in [0.25, 0.3) is 0 Å². The van der Waals surface area contributed by atoms with Gasteiger partial charge in [0.25, 0.3) is 5.91 Å². The molecule has 0 fully saturated rings. The Kier molecular flexibility index (Phi) is 5.76. The van der Waals surface area contributed by atoms with Gasteiger partial charge in [-0.3, -0.25) is 4.79 Å². The second kappa shape index (κ2) is 6.90. The van der Waals surface area contributed by atoms with E-state index in [9.17, 15) is 4.79 Å². The molecule has 0 spiro atoms. The maximum absolute atomic E-state index is 12.0. The molecule has 1 heterocycles. The molecule has 1 atom stereocenters. The van der Waals surface area contributed by atoms with E-state index >= 15 is 0 Å². The number of rotatable bonds is 6. The molecule has 0 aliphatic rings. The standard InChI is InChI=1S/C13H24N4O2S/c1-8(5-6-18)7-15-11(19)9-10(14)16-12(20-9)17-13(2,3)4/h8,18H,5-7,14H2,1-4H3,(H,15,19)(H,16,17). The van der Waals surface area contributed by atoms with Gasteiger partial charge in [0.1, 0.15) is 10.7 Å². The van der Waals surface area contributed by atoms with Crippen molar-refractivity contribution in [1.29, 1.82) is 0 Å². The molecule has 1 amide bonds. The Hall–Kier alpha value is -1.34. The summed E-state index contributed by atoms with van der Waals surface area (Å²) in [6, 6.07) is 0. The molecule has 20 heavy (non-hydrogen) atoms. The molecular formula is C13H24N4O2S. The second-order valence-electron chi connectivity index (χ2n) is 5.94. The summed E-state index contributed by atoms with van der Waals surface area (Å²) in [4.78, 5) is 16.6. The van der Waals surface area contributed by atoms with E-state index in [0.29, 0.717) is 23.0 Å². The average molecular weight is 300 g/mol. The molecular weight excluding hydrogens is 276 g/mol. The minimum absolute atomic E-state index is 0.124. The number of nitrogens with two attached hydrogens (primary N) is 1. The van der Waals surface area contributed by atoms with Crippen molar-refractivity contribution < 1.29 is 9.90 Å². The van der Waals surface area contributed by atoms with Crippen molar-refractivity contribution in [3.63, 3.8) is 0 Å². The molecule has 0 saturated heterocycles. The number of aliphatic hydroxyl groups excluding tert-OH is 1. The highest BCUT2D eigenvalue weighted by Crippen LogP contribution is 2.27. The van der Waals surface area contributed by atoms with Crippen LogP contribution in [0.2, 0.25) is 0 Å². The molecule has 5 N–H and O–H groups in total. The van der Waals surface area contributed by atoms with Gasteiger partial charge in [-0.25, -0.2) is 4.98 Å². The predicted octanol–water partition coefficient (Wildman–Crippen LogP) is 1.68. The number of nitrogen functional groups attached to an aromatic ring is 1. The third-order valence-electron chi connectivity index (χ3n) is 2.57. The molecule has 7 heteroatoms. The minimum atomic E-state index is -0.216. The number of nitrogens with one attached hydrogen (secondary N) is 2. The van der Waals surface area contributed by atoms with Gasteiger partial charge in [0, 0.05) is 18.7 Å². The summed E-state index contributed by atoms with van der Waals surface area (Å²) >= 11 is 1.25. The van der Waals surface area contributed by atoms with Crippen LogP contribution in [0.3, 0.4) is 0 Å². The molecule has 0 aliphatic carbocycles. The van der Waals surface area contributed by atoms with Crippen molar-refractivity contribution in [2.24, 2.45) is 5.92 Å². The van der Waals surface area contributed by atoms with E-state index in [4.69, 9.17) is 10.8 Å². The number of hydrogen-bond acceptors (Lipinski definition) is 6. The fraction of sp³-hybridized carbons (Fsp3) is 0.692. The molecule has 114 valence electrons. The molecule has 1 aromatic rings. The Morgan fingerprint density at radius 1 is 1.50 bits per heavy atom. The van der Waals surface area contributed by atoms with Gasteiger partial charge >= 0.3 is 0 Å². The summed E-state index contributed by atoms with van der Waals surface area (Å²) in [6.45, 7) is 8.65. The van der Waals surface area contributed by atoms with E-state index in [1.807, 2.05) is 27.7 Å². The predicted molar refractivity (Wildman–Crippen MR) is 83.1 cm³/mol. The van der Waals surface area contributed by atoms with Gasteiger partial charge in [0.2, 0.25) is 0 Å². The lowest BCUT2D eigenvalue weighted by atomic mass is 10.1. The van der Waals surface area contributed by atoms with Gasteiger partial charge in [-0.1, -0.05) is 18.3 Å². The summed E-state index contributed by atoms with van der Waals surface area (Å²) in [5.74, 6) is 0.256. The van der Waals surface area contributed by atoms with Crippen molar-refractivity contribution >= 4 is 28.2 Å². The summed E-state index contributed by atoms with van der Waals surface area (Å²) < 4.78 is 0. The van der Waals surface area contributed by atoms with Gasteiger partial charge in [0.05, 0.1) is 0 Å². The van der Waals surface area contributed by atoms with Crippen molar-refractivity contribution in [1.82, 2.24) is 10.3 Å². The fourth-order valence-corrected chi connectivity index (χ4v) is 2.55. The summed E-state index contributed by atoms with van der Waals surface area (Å²) in [6.07, 6.45) is 0.662.